The van der Waals surface area contributed by atoms with Crippen molar-refractivity contribution in [3.63, 3.8) is 0 Å². The van der Waals surface area contributed by atoms with Gasteiger partial charge >= 0.3 is 5.97 Å². The second-order valence-electron chi connectivity index (χ2n) is 9.01. The number of esters is 1. The van der Waals surface area contributed by atoms with E-state index < -0.39 is 11.8 Å². The van der Waals surface area contributed by atoms with E-state index in [1.807, 2.05) is 10.9 Å². The number of epoxide rings is 1. The molecule has 1 unspecified atom stereocenters. The van der Waals surface area contributed by atoms with Crippen LogP contribution in [-0.4, -0.2) is 34.1 Å². The number of aromatic nitrogens is 2. The Morgan fingerprint density at radius 2 is 1.97 bits per heavy atom. The maximum absolute atomic E-state index is 13.7. The van der Waals surface area contributed by atoms with Gasteiger partial charge in [-0.1, -0.05) is 6.07 Å². The lowest BCUT2D eigenvalue weighted by Crippen LogP contribution is -2.27. The molecule has 5 nitrogen and oxygen atoms in total. The maximum Gasteiger partial charge on any atom is 0.338 e. The lowest BCUT2D eigenvalue weighted by molar-refractivity contribution is 0.0598. The van der Waals surface area contributed by atoms with Gasteiger partial charge in [-0.25, -0.2) is 18.3 Å². The van der Waals surface area contributed by atoms with E-state index in [1.165, 1.54) is 36.9 Å². The Morgan fingerprint density at radius 3 is 2.76 bits per heavy atom. The highest BCUT2D eigenvalue weighted by molar-refractivity contribution is 5.91. The molecule has 1 aliphatic heterocycles. The van der Waals surface area contributed by atoms with Crippen LogP contribution in [0.2, 0.25) is 0 Å². The summed E-state index contributed by atoms with van der Waals surface area (Å²) in [7, 11) is 1.30. The molecule has 0 radical (unpaired) electrons. The van der Waals surface area contributed by atoms with Crippen LogP contribution in [0.15, 0.2) is 54.2 Å². The van der Waals surface area contributed by atoms with E-state index in [0.29, 0.717) is 6.42 Å². The molecule has 3 aromatic rings. The standard InChI is InChI=1S/C26H22F2N2O3/c1-32-24(31)22-13-20(28)3-2-16(22)8-10-25-11-9-18-12-23-17(14-26(18,25)33-25)15-29-30(23)21-6-4-19(27)5-7-21/h2-7,12-13,15H,8-11,14H2,1H3/t25-,26?/m0/s1. The summed E-state index contributed by atoms with van der Waals surface area (Å²) in [5.74, 6) is -1.27. The summed E-state index contributed by atoms with van der Waals surface area (Å²) in [6, 6.07) is 10.6. The number of carbonyl (C=O) groups excluding carboxylic acids is 1. The van der Waals surface area contributed by atoms with E-state index in [0.717, 1.165) is 48.2 Å². The number of fused-ring (bicyclic) bond motifs is 1. The molecule has 2 heterocycles. The zero-order valence-corrected chi connectivity index (χ0v) is 18.1. The molecule has 0 amide bonds. The van der Waals surface area contributed by atoms with Gasteiger partial charge in [0.05, 0.1) is 30.3 Å². The molecule has 2 fully saturated rings. The van der Waals surface area contributed by atoms with Crippen LogP contribution >= 0.6 is 0 Å². The summed E-state index contributed by atoms with van der Waals surface area (Å²) in [5, 5.41) is 4.55. The highest BCUT2D eigenvalue weighted by Crippen LogP contribution is 2.67. The van der Waals surface area contributed by atoms with Crippen molar-refractivity contribution in [3.05, 3.63) is 88.3 Å². The third-order valence-corrected chi connectivity index (χ3v) is 7.36. The van der Waals surface area contributed by atoms with Crippen molar-refractivity contribution >= 4 is 12.0 Å². The number of benzene rings is 2. The second-order valence-corrected chi connectivity index (χ2v) is 9.01. The van der Waals surface area contributed by atoms with Crippen molar-refractivity contribution in [2.45, 2.75) is 43.3 Å². The van der Waals surface area contributed by atoms with Crippen molar-refractivity contribution in [1.82, 2.24) is 9.78 Å². The Hall–Kier alpha value is -3.32. The molecule has 6 rings (SSSR count). The predicted molar refractivity (Wildman–Crippen MR) is 117 cm³/mol. The first-order valence-electron chi connectivity index (χ1n) is 11.1. The summed E-state index contributed by atoms with van der Waals surface area (Å²) >= 11 is 0. The lowest BCUT2D eigenvalue weighted by atomic mass is 9.81. The van der Waals surface area contributed by atoms with Crippen LogP contribution in [0.25, 0.3) is 11.8 Å². The smallest absolute Gasteiger partial charge is 0.338 e. The molecular weight excluding hydrogens is 426 g/mol. The Bertz CT molecular complexity index is 1310. The first-order chi connectivity index (χ1) is 15.9. The number of nitrogens with zero attached hydrogens (tertiary/aromatic N) is 2. The third kappa shape index (κ3) is 2.99. The van der Waals surface area contributed by atoms with Gasteiger partial charge in [0, 0.05) is 12.0 Å². The first-order valence-corrected chi connectivity index (χ1v) is 11.1. The number of hydrogen-bond donors (Lipinski definition) is 0. The van der Waals surface area contributed by atoms with Gasteiger partial charge < -0.3 is 9.47 Å². The van der Waals surface area contributed by atoms with Gasteiger partial charge in [-0.3, -0.25) is 0 Å². The monoisotopic (exact) mass is 448 g/mol. The van der Waals surface area contributed by atoms with Crippen molar-refractivity contribution in [1.29, 1.82) is 0 Å². The number of hydrogen-bond acceptors (Lipinski definition) is 4. The Morgan fingerprint density at radius 1 is 1.18 bits per heavy atom. The van der Waals surface area contributed by atoms with Crippen LogP contribution in [0.5, 0.6) is 0 Å². The molecule has 7 heteroatoms. The molecule has 1 saturated heterocycles. The molecule has 1 saturated carbocycles. The summed E-state index contributed by atoms with van der Waals surface area (Å²) < 4.78 is 40.2. The minimum Gasteiger partial charge on any atom is -0.465 e. The summed E-state index contributed by atoms with van der Waals surface area (Å²) in [4.78, 5) is 12.1. The van der Waals surface area contributed by atoms with Gasteiger partial charge in [-0.15, -0.1) is 0 Å². The number of halogens is 2. The number of rotatable bonds is 5. The molecule has 0 bridgehead atoms. The fourth-order valence-corrected chi connectivity index (χ4v) is 5.64. The molecule has 1 spiro atoms. The van der Waals surface area contributed by atoms with E-state index in [1.54, 1.807) is 18.2 Å². The molecule has 2 atom stereocenters. The topological polar surface area (TPSA) is 56.6 Å². The zero-order valence-electron chi connectivity index (χ0n) is 18.1. The molecule has 2 aliphatic carbocycles. The van der Waals surface area contributed by atoms with Crippen LogP contribution in [0.3, 0.4) is 0 Å². The molecule has 1 aromatic heterocycles. The number of carbonyl (C=O) groups is 1. The van der Waals surface area contributed by atoms with Gasteiger partial charge in [-0.05, 0) is 79.3 Å². The van der Waals surface area contributed by atoms with Gasteiger partial charge in [0.2, 0.25) is 0 Å². The largest absolute Gasteiger partial charge is 0.465 e. The SMILES string of the molecule is COC(=O)c1cc(F)ccc1CC[C@]12CCC3=Cc4c(cnn4-c4ccc(F)cc4)CC31O2. The lowest BCUT2D eigenvalue weighted by Gasteiger charge is -2.20. The van der Waals surface area contributed by atoms with E-state index in [9.17, 15) is 13.6 Å². The minimum atomic E-state index is -0.532. The highest BCUT2D eigenvalue weighted by Gasteiger charge is 2.74. The van der Waals surface area contributed by atoms with Gasteiger partial charge in [0.25, 0.3) is 0 Å². The summed E-state index contributed by atoms with van der Waals surface area (Å²) in [6.07, 6.45) is 7.94. The first kappa shape index (κ1) is 20.3. The molecule has 2 aromatic carbocycles. The van der Waals surface area contributed by atoms with Crippen LogP contribution < -0.4 is 0 Å². The maximum atomic E-state index is 13.7. The minimum absolute atomic E-state index is 0.267. The van der Waals surface area contributed by atoms with E-state index >= 15 is 0 Å². The van der Waals surface area contributed by atoms with Crippen molar-refractivity contribution in [3.8, 4) is 5.69 Å². The fraction of sp³-hybridized carbons (Fsp3) is 0.308. The Labute approximate surface area is 189 Å². The summed E-state index contributed by atoms with van der Waals surface area (Å²) in [6.45, 7) is 0. The van der Waals surface area contributed by atoms with Crippen LogP contribution in [-0.2, 0) is 22.3 Å². The average Bonchev–Trinajstić information content (AvgIpc) is 3.09. The third-order valence-electron chi connectivity index (χ3n) is 7.36. The van der Waals surface area contributed by atoms with Crippen LogP contribution in [0.1, 0.15) is 46.4 Å². The Kier molecular flexibility index (Phi) is 4.36. The molecule has 0 N–H and O–H groups in total. The van der Waals surface area contributed by atoms with Gasteiger partial charge in [0.15, 0.2) is 0 Å². The number of aryl methyl sites for hydroxylation is 1. The van der Waals surface area contributed by atoms with Crippen molar-refractivity contribution < 1.29 is 23.0 Å². The number of methoxy groups -OCH3 is 1. The summed E-state index contributed by atoms with van der Waals surface area (Å²) in [5.41, 5.74) is 4.61. The van der Waals surface area contributed by atoms with Gasteiger partial charge in [-0.2, -0.15) is 5.10 Å². The zero-order chi connectivity index (χ0) is 22.8. The van der Waals surface area contributed by atoms with Crippen LogP contribution in [0, 0.1) is 11.6 Å². The van der Waals surface area contributed by atoms with E-state index in [4.69, 9.17) is 9.47 Å². The average molecular weight is 448 g/mol. The van der Waals surface area contributed by atoms with Gasteiger partial charge in [0.1, 0.15) is 22.8 Å². The normalized spacial score (nSPS) is 24.5. The molecule has 168 valence electrons. The fourth-order valence-electron chi connectivity index (χ4n) is 5.64. The predicted octanol–water partition coefficient (Wildman–Crippen LogP) is 4.81. The highest BCUT2D eigenvalue weighted by atomic mass is 19.1. The van der Waals surface area contributed by atoms with Crippen LogP contribution in [0.4, 0.5) is 8.78 Å². The van der Waals surface area contributed by atoms with E-state index in [-0.39, 0.29) is 22.6 Å². The number of ether oxygens (including phenoxy) is 2. The van der Waals surface area contributed by atoms with Crippen molar-refractivity contribution in [2.75, 3.05) is 7.11 Å². The quantitative estimate of drug-likeness (QED) is 0.415. The molecular formula is C26H22F2N2O3. The second kappa shape index (κ2) is 7.09. The van der Waals surface area contributed by atoms with E-state index in [2.05, 4.69) is 11.2 Å². The van der Waals surface area contributed by atoms with Crippen molar-refractivity contribution in [2.24, 2.45) is 0 Å². The Balaban J connectivity index is 1.26. The molecule has 33 heavy (non-hydrogen) atoms. The molecule has 3 aliphatic rings.